The van der Waals surface area contributed by atoms with E-state index in [4.69, 9.17) is 5.73 Å². The number of aryl methyl sites for hydroxylation is 1. The van der Waals surface area contributed by atoms with E-state index in [2.05, 4.69) is 16.8 Å². The highest BCUT2D eigenvalue weighted by atomic mass is 32.2. The van der Waals surface area contributed by atoms with E-state index in [-0.39, 0.29) is 11.9 Å². The molecule has 2 N–H and O–H groups in total. The van der Waals surface area contributed by atoms with Crippen LogP contribution in [0.25, 0.3) is 0 Å². The summed E-state index contributed by atoms with van der Waals surface area (Å²) in [7, 11) is 0. The van der Waals surface area contributed by atoms with Gasteiger partial charge in [-0.1, -0.05) is 6.07 Å². The number of benzene rings is 1. The molecular formula is C14H16FNS2. The van der Waals surface area contributed by atoms with Gasteiger partial charge in [0.15, 0.2) is 0 Å². The second kappa shape index (κ2) is 6.92. The summed E-state index contributed by atoms with van der Waals surface area (Å²) >= 11 is 3.33. The Morgan fingerprint density at radius 2 is 2.22 bits per heavy atom. The van der Waals surface area contributed by atoms with Crippen LogP contribution in [0.1, 0.15) is 12.0 Å². The number of nitrogens with two attached hydrogens (primary N) is 1. The first-order valence-electron chi connectivity index (χ1n) is 5.89. The number of rotatable bonds is 6. The largest absolute Gasteiger partial charge is 0.327 e. The molecule has 0 spiro atoms. The molecular weight excluding hydrogens is 265 g/mol. The summed E-state index contributed by atoms with van der Waals surface area (Å²) in [6.45, 7) is 0. The van der Waals surface area contributed by atoms with Crippen molar-refractivity contribution in [3.8, 4) is 0 Å². The lowest BCUT2D eigenvalue weighted by Crippen LogP contribution is -2.23. The Kier molecular flexibility index (Phi) is 5.23. The maximum Gasteiger partial charge on any atom is 0.124 e. The van der Waals surface area contributed by atoms with Crippen molar-refractivity contribution in [2.24, 2.45) is 5.73 Å². The Balaban J connectivity index is 1.73. The summed E-state index contributed by atoms with van der Waals surface area (Å²) in [6, 6.07) is 8.94. The molecule has 0 saturated carbocycles. The van der Waals surface area contributed by atoms with Gasteiger partial charge in [0, 0.05) is 16.7 Å². The Morgan fingerprint density at radius 3 is 2.94 bits per heavy atom. The fraction of sp³-hybridized carbons (Fsp3) is 0.286. The molecule has 0 aliphatic heterocycles. The molecule has 2 aromatic rings. The minimum absolute atomic E-state index is 0.151. The van der Waals surface area contributed by atoms with E-state index < -0.39 is 0 Å². The first-order chi connectivity index (χ1) is 8.74. The van der Waals surface area contributed by atoms with Crippen molar-refractivity contribution in [1.29, 1.82) is 0 Å². The number of halogens is 1. The van der Waals surface area contributed by atoms with Gasteiger partial charge in [0.1, 0.15) is 5.82 Å². The van der Waals surface area contributed by atoms with Gasteiger partial charge < -0.3 is 5.73 Å². The van der Waals surface area contributed by atoms with Gasteiger partial charge in [0.05, 0.1) is 0 Å². The van der Waals surface area contributed by atoms with E-state index in [1.54, 1.807) is 35.2 Å². The van der Waals surface area contributed by atoms with Crippen molar-refractivity contribution in [3.05, 3.63) is 52.5 Å². The van der Waals surface area contributed by atoms with Crippen molar-refractivity contribution in [3.63, 3.8) is 0 Å². The smallest absolute Gasteiger partial charge is 0.124 e. The van der Waals surface area contributed by atoms with Crippen LogP contribution in [0.15, 0.2) is 46.0 Å². The topological polar surface area (TPSA) is 26.0 Å². The second-order valence-corrected chi connectivity index (χ2v) is 6.07. The monoisotopic (exact) mass is 281 g/mol. The molecule has 1 aromatic carbocycles. The van der Waals surface area contributed by atoms with Crippen molar-refractivity contribution in [1.82, 2.24) is 0 Å². The number of thiophene rings is 1. The molecule has 1 aromatic heterocycles. The third-order valence-electron chi connectivity index (χ3n) is 2.64. The molecule has 18 heavy (non-hydrogen) atoms. The van der Waals surface area contributed by atoms with Crippen LogP contribution in [0.5, 0.6) is 0 Å². The van der Waals surface area contributed by atoms with Crippen molar-refractivity contribution in [2.45, 2.75) is 23.8 Å². The van der Waals surface area contributed by atoms with Crippen molar-refractivity contribution in [2.75, 3.05) is 5.75 Å². The molecule has 0 aliphatic rings. The van der Waals surface area contributed by atoms with Crippen LogP contribution in [0.2, 0.25) is 0 Å². The molecule has 0 fully saturated rings. The van der Waals surface area contributed by atoms with Crippen LogP contribution >= 0.6 is 23.1 Å². The lowest BCUT2D eigenvalue weighted by Gasteiger charge is -2.10. The quantitative estimate of drug-likeness (QED) is 0.812. The fourth-order valence-corrected chi connectivity index (χ4v) is 3.28. The Hall–Kier alpha value is -0.840. The third kappa shape index (κ3) is 4.44. The summed E-state index contributed by atoms with van der Waals surface area (Å²) in [5, 5.41) is 4.24. The maximum absolute atomic E-state index is 13.0. The first kappa shape index (κ1) is 13.6. The van der Waals surface area contributed by atoms with Gasteiger partial charge in [-0.25, -0.2) is 4.39 Å². The predicted molar refractivity (Wildman–Crippen MR) is 77.7 cm³/mol. The van der Waals surface area contributed by atoms with Crippen LogP contribution in [-0.2, 0) is 6.42 Å². The zero-order valence-corrected chi connectivity index (χ0v) is 11.6. The molecule has 2 rings (SSSR count). The van der Waals surface area contributed by atoms with Gasteiger partial charge in [-0.2, -0.15) is 11.3 Å². The Bertz CT molecular complexity index is 470. The van der Waals surface area contributed by atoms with E-state index in [9.17, 15) is 4.39 Å². The van der Waals surface area contributed by atoms with Crippen molar-refractivity contribution >= 4 is 23.1 Å². The van der Waals surface area contributed by atoms with Gasteiger partial charge in [0.25, 0.3) is 0 Å². The molecule has 0 radical (unpaired) electrons. The number of thioether (sulfide) groups is 1. The molecule has 1 heterocycles. The van der Waals surface area contributed by atoms with E-state index in [0.717, 1.165) is 23.5 Å². The molecule has 4 heteroatoms. The molecule has 0 amide bonds. The highest BCUT2D eigenvalue weighted by Crippen LogP contribution is 2.20. The van der Waals surface area contributed by atoms with Crippen LogP contribution in [0, 0.1) is 5.82 Å². The lowest BCUT2D eigenvalue weighted by molar-refractivity contribution is 0.624. The number of hydrogen-bond acceptors (Lipinski definition) is 3. The van der Waals surface area contributed by atoms with Gasteiger partial charge in [-0.05, 0) is 53.4 Å². The third-order valence-corrected chi connectivity index (χ3v) is 4.56. The Labute approximate surface area is 115 Å². The van der Waals surface area contributed by atoms with E-state index in [1.807, 2.05) is 6.07 Å². The zero-order valence-electron chi connectivity index (χ0n) is 10.0. The van der Waals surface area contributed by atoms with Gasteiger partial charge in [-0.15, -0.1) is 11.8 Å². The first-order valence-corrected chi connectivity index (χ1v) is 7.82. The summed E-state index contributed by atoms with van der Waals surface area (Å²) < 4.78 is 13.0. The molecule has 0 saturated heterocycles. The molecule has 1 unspecified atom stereocenters. The normalized spacial score (nSPS) is 12.6. The number of hydrogen-bond donors (Lipinski definition) is 1. The SMILES string of the molecule is NC(CCc1ccsc1)CSc1cccc(F)c1. The Morgan fingerprint density at radius 1 is 1.33 bits per heavy atom. The average molecular weight is 281 g/mol. The van der Waals surface area contributed by atoms with E-state index in [0.29, 0.717) is 0 Å². The predicted octanol–water partition coefficient (Wildman–Crippen LogP) is 3.94. The van der Waals surface area contributed by atoms with E-state index in [1.165, 1.54) is 11.6 Å². The standard InChI is InChI=1S/C14H16FNS2/c15-12-2-1-3-14(8-12)18-10-13(16)5-4-11-6-7-17-9-11/h1-3,6-9,13H,4-5,10,16H2. The summed E-state index contributed by atoms with van der Waals surface area (Å²) in [6.07, 6.45) is 1.99. The minimum atomic E-state index is -0.188. The highest BCUT2D eigenvalue weighted by Gasteiger charge is 2.05. The fourth-order valence-electron chi connectivity index (χ4n) is 1.63. The van der Waals surface area contributed by atoms with Gasteiger partial charge >= 0.3 is 0 Å². The molecule has 96 valence electrons. The summed E-state index contributed by atoms with van der Waals surface area (Å²) in [5.41, 5.74) is 7.42. The van der Waals surface area contributed by atoms with Gasteiger partial charge in [0.2, 0.25) is 0 Å². The van der Waals surface area contributed by atoms with Crippen LogP contribution < -0.4 is 5.73 Å². The lowest BCUT2D eigenvalue weighted by atomic mass is 10.1. The zero-order chi connectivity index (χ0) is 12.8. The van der Waals surface area contributed by atoms with Gasteiger partial charge in [-0.3, -0.25) is 0 Å². The van der Waals surface area contributed by atoms with Crippen molar-refractivity contribution < 1.29 is 4.39 Å². The molecule has 0 aliphatic carbocycles. The molecule has 0 bridgehead atoms. The van der Waals surface area contributed by atoms with Crippen LogP contribution in [0.3, 0.4) is 0 Å². The second-order valence-electron chi connectivity index (χ2n) is 4.20. The summed E-state index contributed by atoms with van der Waals surface area (Å²) in [5.74, 6) is 0.639. The minimum Gasteiger partial charge on any atom is -0.327 e. The molecule has 1 nitrogen and oxygen atoms in total. The van der Waals surface area contributed by atoms with Crippen LogP contribution in [-0.4, -0.2) is 11.8 Å². The highest BCUT2D eigenvalue weighted by molar-refractivity contribution is 7.99. The average Bonchev–Trinajstić information content (AvgIpc) is 2.87. The summed E-state index contributed by atoms with van der Waals surface area (Å²) in [4.78, 5) is 0.945. The molecule has 1 atom stereocenters. The maximum atomic E-state index is 13.0. The van der Waals surface area contributed by atoms with Crippen LogP contribution in [0.4, 0.5) is 4.39 Å². The van der Waals surface area contributed by atoms with E-state index >= 15 is 0 Å².